The topological polar surface area (TPSA) is 76.5 Å². The lowest BCUT2D eigenvalue weighted by Crippen LogP contribution is -2.28. The van der Waals surface area contributed by atoms with Crippen molar-refractivity contribution in [2.45, 2.75) is 24.5 Å². The maximum atomic E-state index is 13.2. The number of carbonyl (C=O) groups is 1. The molecule has 4 aromatic rings. The predicted molar refractivity (Wildman–Crippen MR) is 128 cm³/mol. The number of hydrogen-bond acceptors (Lipinski definition) is 6. The number of thioether (sulfide) groups is 1. The Morgan fingerprint density at radius 1 is 1.03 bits per heavy atom. The van der Waals surface area contributed by atoms with E-state index in [0.717, 1.165) is 28.4 Å². The molecule has 7 nitrogen and oxygen atoms in total. The molecule has 1 atom stereocenters. The molecule has 3 heterocycles. The molecule has 1 aliphatic heterocycles. The van der Waals surface area contributed by atoms with E-state index in [9.17, 15) is 4.79 Å². The third-order valence-corrected chi connectivity index (χ3v) is 6.62. The summed E-state index contributed by atoms with van der Waals surface area (Å²) in [6.07, 6.45) is 2.23. The van der Waals surface area contributed by atoms with Gasteiger partial charge in [-0.1, -0.05) is 71.9 Å². The van der Waals surface area contributed by atoms with Crippen LogP contribution in [-0.2, 0) is 11.8 Å². The van der Waals surface area contributed by atoms with Crippen LogP contribution in [0.25, 0.3) is 11.4 Å². The molecule has 0 aliphatic carbocycles. The number of aromatic nitrogens is 3. The fourth-order valence-corrected chi connectivity index (χ4v) is 4.60. The third kappa shape index (κ3) is 4.34. The molecule has 2 aromatic heterocycles. The Hall–Kier alpha value is -3.65. The lowest BCUT2D eigenvalue weighted by Gasteiger charge is -2.19. The van der Waals surface area contributed by atoms with Gasteiger partial charge in [-0.05, 0) is 24.6 Å². The highest BCUT2D eigenvalue weighted by molar-refractivity contribution is 7.99. The molecule has 1 aliphatic rings. The number of rotatable bonds is 6. The fourth-order valence-electron chi connectivity index (χ4n) is 3.83. The van der Waals surface area contributed by atoms with Gasteiger partial charge in [-0.25, -0.2) is 5.01 Å². The number of nitrogens with zero attached hydrogens (tertiary/aromatic N) is 5. The number of hydrogen-bond donors (Lipinski definition) is 0. The second kappa shape index (κ2) is 9.07. The van der Waals surface area contributed by atoms with Crippen molar-refractivity contribution in [3.63, 3.8) is 0 Å². The molecular weight excluding hydrogens is 434 g/mol. The van der Waals surface area contributed by atoms with E-state index in [1.807, 2.05) is 66.2 Å². The molecule has 0 saturated heterocycles. The molecular formula is C25H23N5O2S. The van der Waals surface area contributed by atoms with E-state index in [4.69, 9.17) is 9.52 Å². The first kappa shape index (κ1) is 21.2. The van der Waals surface area contributed by atoms with Gasteiger partial charge in [0.1, 0.15) is 11.8 Å². The SMILES string of the molecule is Cc1ccc(C2=NN(C(=O)CSc3nnc(-c4ccccc4)n3C)C(c3ccco3)C2)cc1. The van der Waals surface area contributed by atoms with Crippen molar-refractivity contribution in [1.82, 2.24) is 19.8 Å². The number of amides is 1. The molecule has 0 spiro atoms. The molecule has 0 saturated carbocycles. The zero-order chi connectivity index (χ0) is 22.8. The van der Waals surface area contributed by atoms with E-state index in [1.165, 1.54) is 17.3 Å². The lowest BCUT2D eigenvalue weighted by molar-refractivity contribution is -0.130. The van der Waals surface area contributed by atoms with Crippen molar-refractivity contribution < 1.29 is 9.21 Å². The van der Waals surface area contributed by atoms with E-state index in [0.29, 0.717) is 11.6 Å². The van der Waals surface area contributed by atoms with Crippen molar-refractivity contribution in [2.24, 2.45) is 12.1 Å². The Bertz CT molecular complexity index is 1280. The second-order valence-corrected chi connectivity index (χ2v) is 8.85. The smallest absolute Gasteiger partial charge is 0.253 e. The van der Waals surface area contributed by atoms with Crippen LogP contribution < -0.4 is 0 Å². The summed E-state index contributed by atoms with van der Waals surface area (Å²) in [6.45, 7) is 2.05. The van der Waals surface area contributed by atoms with E-state index >= 15 is 0 Å². The quantitative estimate of drug-likeness (QED) is 0.387. The summed E-state index contributed by atoms with van der Waals surface area (Å²) < 4.78 is 7.54. The van der Waals surface area contributed by atoms with Crippen molar-refractivity contribution >= 4 is 23.4 Å². The minimum absolute atomic E-state index is 0.104. The Morgan fingerprint density at radius 3 is 2.55 bits per heavy atom. The van der Waals surface area contributed by atoms with Crippen LogP contribution in [0.4, 0.5) is 0 Å². The standard InChI is InChI=1S/C25H23N5O2S/c1-17-10-12-18(13-11-17)20-15-21(22-9-6-14-32-22)30(28-20)23(31)16-33-25-27-26-24(29(25)2)19-7-4-3-5-8-19/h3-14,21H,15-16H2,1-2H3. The Labute approximate surface area is 196 Å². The van der Waals surface area contributed by atoms with Gasteiger partial charge in [0, 0.05) is 19.0 Å². The fraction of sp³-hybridized carbons (Fsp3) is 0.200. The molecule has 5 rings (SSSR count). The van der Waals surface area contributed by atoms with Crippen molar-refractivity contribution in [1.29, 1.82) is 0 Å². The molecule has 0 radical (unpaired) electrons. The summed E-state index contributed by atoms with van der Waals surface area (Å²) in [6, 6.07) is 21.5. The number of carbonyl (C=O) groups excluding carboxylic acids is 1. The normalized spacial score (nSPS) is 15.6. The van der Waals surface area contributed by atoms with Crippen LogP contribution in [0, 0.1) is 6.92 Å². The van der Waals surface area contributed by atoms with Crippen LogP contribution in [0.2, 0.25) is 0 Å². The van der Waals surface area contributed by atoms with E-state index in [-0.39, 0.29) is 17.7 Å². The highest BCUT2D eigenvalue weighted by Crippen LogP contribution is 2.34. The predicted octanol–water partition coefficient (Wildman–Crippen LogP) is 4.85. The number of hydrazone groups is 1. The van der Waals surface area contributed by atoms with Crippen LogP contribution in [0.1, 0.15) is 29.3 Å². The average molecular weight is 458 g/mol. The second-order valence-electron chi connectivity index (χ2n) is 7.91. The van der Waals surface area contributed by atoms with Crippen LogP contribution in [0.15, 0.2) is 87.7 Å². The zero-order valence-electron chi connectivity index (χ0n) is 18.4. The van der Waals surface area contributed by atoms with Gasteiger partial charge in [-0.2, -0.15) is 5.10 Å². The molecule has 1 unspecified atom stereocenters. The molecule has 2 aromatic carbocycles. The average Bonchev–Trinajstić information content (AvgIpc) is 3.59. The number of benzene rings is 2. The maximum absolute atomic E-state index is 13.2. The van der Waals surface area contributed by atoms with Gasteiger partial charge in [-0.15, -0.1) is 10.2 Å². The largest absolute Gasteiger partial charge is 0.467 e. The van der Waals surface area contributed by atoms with Gasteiger partial charge in [-0.3, -0.25) is 4.79 Å². The summed E-state index contributed by atoms with van der Waals surface area (Å²) in [5, 5.41) is 15.5. The monoisotopic (exact) mass is 457 g/mol. The highest BCUT2D eigenvalue weighted by Gasteiger charge is 2.35. The van der Waals surface area contributed by atoms with Gasteiger partial charge in [0.05, 0.1) is 17.7 Å². The summed E-state index contributed by atoms with van der Waals surface area (Å²) in [5.41, 5.74) is 4.05. The van der Waals surface area contributed by atoms with E-state index < -0.39 is 0 Å². The minimum atomic E-state index is -0.260. The first-order chi connectivity index (χ1) is 16.1. The van der Waals surface area contributed by atoms with E-state index in [2.05, 4.69) is 29.3 Å². The molecule has 0 bridgehead atoms. The lowest BCUT2D eigenvalue weighted by atomic mass is 10.0. The van der Waals surface area contributed by atoms with Gasteiger partial charge >= 0.3 is 0 Å². The van der Waals surface area contributed by atoms with Gasteiger partial charge < -0.3 is 8.98 Å². The molecule has 1 amide bonds. The third-order valence-electron chi connectivity index (χ3n) is 5.61. The number of furan rings is 1. The van der Waals surface area contributed by atoms with Crippen molar-refractivity contribution in [3.8, 4) is 11.4 Å². The summed E-state index contributed by atoms with van der Waals surface area (Å²) in [5.74, 6) is 1.58. The zero-order valence-corrected chi connectivity index (χ0v) is 19.2. The van der Waals surface area contributed by atoms with Crippen LogP contribution in [-0.4, -0.2) is 37.1 Å². The molecule has 33 heavy (non-hydrogen) atoms. The summed E-state index contributed by atoms with van der Waals surface area (Å²) >= 11 is 1.35. The Balaban J connectivity index is 1.35. The molecule has 0 N–H and O–H groups in total. The van der Waals surface area contributed by atoms with Gasteiger partial charge in [0.2, 0.25) is 0 Å². The minimum Gasteiger partial charge on any atom is -0.467 e. The maximum Gasteiger partial charge on any atom is 0.253 e. The summed E-state index contributed by atoms with van der Waals surface area (Å²) in [4.78, 5) is 13.2. The Kier molecular flexibility index (Phi) is 5.83. The van der Waals surface area contributed by atoms with Gasteiger partial charge in [0.15, 0.2) is 11.0 Å². The van der Waals surface area contributed by atoms with E-state index in [1.54, 1.807) is 11.3 Å². The highest BCUT2D eigenvalue weighted by atomic mass is 32.2. The van der Waals surface area contributed by atoms with Crippen LogP contribution in [0.3, 0.4) is 0 Å². The van der Waals surface area contributed by atoms with Gasteiger partial charge in [0.25, 0.3) is 5.91 Å². The summed E-state index contributed by atoms with van der Waals surface area (Å²) in [7, 11) is 1.91. The van der Waals surface area contributed by atoms with Crippen LogP contribution in [0.5, 0.6) is 0 Å². The van der Waals surface area contributed by atoms with Crippen LogP contribution >= 0.6 is 11.8 Å². The molecule has 0 fully saturated rings. The molecule has 166 valence electrons. The molecule has 8 heteroatoms. The first-order valence-corrected chi connectivity index (χ1v) is 11.7. The van der Waals surface area contributed by atoms with Crippen molar-refractivity contribution in [3.05, 3.63) is 89.9 Å². The Morgan fingerprint density at radius 2 is 1.82 bits per heavy atom. The first-order valence-electron chi connectivity index (χ1n) is 10.7. The number of aryl methyl sites for hydroxylation is 1. The van der Waals surface area contributed by atoms with Crippen molar-refractivity contribution in [2.75, 3.05) is 5.75 Å².